The van der Waals surface area contributed by atoms with Crippen molar-refractivity contribution >= 4 is 5.91 Å². The SMILES string of the molecule is CNC(=O)[C@@H]1CCCCN1CC(C)C. The first-order valence-electron chi connectivity index (χ1n) is 5.60. The van der Waals surface area contributed by atoms with Crippen LogP contribution in [0.25, 0.3) is 0 Å². The minimum absolute atomic E-state index is 0.121. The third kappa shape index (κ3) is 2.98. The second kappa shape index (κ2) is 5.35. The molecule has 1 atom stereocenters. The van der Waals surface area contributed by atoms with Crippen LogP contribution in [0.2, 0.25) is 0 Å². The van der Waals surface area contributed by atoms with Crippen LogP contribution in [-0.2, 0) is 4.79 Å². The average Bonchev–Trinajstić information content (AvgIpc) is 2.16. The van der Waals surface area contributed by atoms with E-state index in [-0.39, 0.29) is 11.9 Å². The van der Waals surface area contributed by atoms with Gasteiger partial charge in [-0.05, 0) is 25.3 Å². The molecule has 0 aromatic heterocycles. The number of likely N-dealkylation sites (N-methyl/N-ethyl adjacent to an activating group) is 1. The maximum Gasteiger partial charge on any atom is 0.237 e. The summed E-state index contributed by atoms with van der Waals surface area (Å²) in [7, 11) is 1.73. The fourth-order valence-electron chi connectivity index (χ4n) is 2.14. The molecule has 0 aromatic carbocycles. The number of amides is 1. The number of piperidine rings is 1. The molecule has 3 heteroatoms. The number of nitrogens with zero attached hydrogens (tertiary/aromatic N) is 1. The summed E-state index contributed by atoms with van der Waals surface area (Å²) in [6.07, 6.45) is 3.44. The first-order chi connectivity index (χ1) is 6.65. The molecule has 1 saturated heterocycles. The van der Waals surface area contributed by atoms with Crippen molar-refractivity contribution in [3.8, 4) is 0 Å². The Hall–Kier alpha value is -0.570. The van der Waals surface area contributed by atoms with E-state index < -0.39 is 0 Å². The lowest BCUT2D eigenvalue weighted by molar-refractivity contribution is -0.127. The van der Waals surface area contributed by atoms with Gasteiger partial charge in [0.15, 0.2) is 0 Å². The van der Waals surface area contributed by atoms with E-state index in [0.29, 0.717) is 5.92 Å². The Morgan fingerprint density at radius 2 is 2.21 bits per heavy atom. The molecule has 0 unspecified atom stereocenters. The van der Waals surface area contributed by atoms with E-state index in [9.17, 15) is 4.79 Å². The first kappa shape index (κ1) is 11.5. The lowest BCUT2D eigenvalue weighted by Crippen LogP contribution is -2.49. The van der Waals surface area contributed by atoms with E-state index in [1.165, 1.54) is 12.8 Å². The normalized spacial score (nSPS) is 23.9. The van der Waals surface area contributed by atoms with Crippen molar-refractivity contribution < 1.29 is 4.79 Å². The standard InChI is InChI=1S/C11H22N2O/c1-9(2)8-13-7-5-4-6-10(13)11(14)12-3/h9-10H,4-8H2,1-3H3,(H,12,14)/t10-/m0/s1. The van der Waals surface area contributed by atoms with Crippen LogP contribution in [-0.4, -0.2) is 37.0 Å². The molecule has 1 rings (SSSR count). The molecular weight excluding hydrogens is 176 g/mol. The highest BCUT2D eigenvalue weighted by atomic mass is 16.2. The summed E-state index contributed by atoms with van der Waals surface area (Å²) in [5.41, 5.74) is 0. The summed E-state index contributed by atoms with van der Waals surface area (Å²) in [4.78, 5) is 13.9. The van der Waals surface area contributed by atoms with E-state index in [1.54, 1.807) is 7.05 Å². The Bertz CT molecular complexity index is 192. The molecule has 1 aliphatic heterocycles. The van der Waals surface area contributed by atoms with Crippen molar-refractivity contribution in [1.82, 2.24) is 10.2 Å². The van der Waals surface area contributed by atoms with Gasteiger partial charge in [0.2, 0.25) is 5.91 Å². The largest absolute Gasteiger partial charge is 0.358 e. The molecule has 0 aliphatic carbocycles. The molecule has 3 nitrogen and oxygen atoms in total. The van der Waals surface area contributed by atoms with Gasteiger partial charge in [-0.1, -0.05) is 20.3 Å². The maximum atomic E-state index is 11.6. The molecule has 0 radical (unpaired) electrons. The minimum atomic E-state index is 0.121. The summed E-state index contributed by atoms with van der Waals surface area (Å²) in [5.74, 6) is 0.825. The van der Waals surface area contributed by atoms with Crippen molar-refractivity contribution in [3.63, 3.8) is 0 Å². The number of carbonyl (C=O) groups excluding carboxylic acids is 1. The first-order valence-corrected chi connectivity index (χ1v) is 5.60. The van der Waals surface area contributed by atoms with Gasteiger partial charge < -0.3 is 5.32 Å². The summed E-state index contributed by atoms with van der Waals surface area (Å²) >= 11 is 0. The average molecular weight is 198 g/mol. The van der Waals surface area contributed by atoms with Crippen LogP contribution in [0.5, 0.6) is 0 Å². The quantitative estimate of drug-likeness (QED) is 0.740. The van der Waals surface area contributed by atoms with Gasteiger partial charge in [-0.2, -0.15) is 0 Å². The minimum Gasteiger partial charge on any atom is -0.358 e. The van der Waals surface area contributed by atoms with Crippen LogP contribution in [0.3, 0.4) is 0 Å². The smallest absolute Gasteiger partial charge is 0.237 e. The summed E-state index contributed by atoms with van der Waals surface area (Å²) in [5, 5.41) is 2.76. The van der Waals surface area contributed by atoms with Crippen molar-refractivity contribution in [2.24, 2.45) is 5.92 Å². The maximum absolute atomic E-state index is 11.6. The van der Waals surface area contributed by atoms with Crippen LogP contribution < -0.4 is 5.32 Å². The number of carbonyl (C=O) groups is 1. The van der Waals surface area contributed by atoms with E-state index in [0.717, 1.165) is 19.5 Å². The number of nitrogens with one attached hydrogen (secondary N) is 1. The second-order valence-electron chi connectivity index (χ2n) is 4.51. The Balaban J connectivity index is 2.54. The number of rotatable bonds is 3. The van der Waals surface area contributed by atoms with Crippen molar-refractivity contribution in [3.05, 3.63) is 0 Å². The lowest BCUT2D eigenvalue weighted by atomic mass is 10.00. The van der Waals surface area contributed by atoms with Gasteiger partial charge in [0.05, 0.1) is 6.04 Å². The zero-order chi connectivity index (χ0) is 10.6. The monoisotopic (exact) mass is 198 g/mol. The Morgan fingerprint density at radius 1 is 1.50 bits per heavy atom. The summed E-state index contributed by atoms with van der Waals surface area (Å²) in [6.45, 7) is 6.53. The summed E-state index contributed by atoms with van der Waals surface area (Å²) < 4.78 is 0. The van der Waals surface area contributed by atoms with Gasteiger partial charge in [0.1, 0.15) is 0 Å². The van der Waals surface area contributed by atoms with Crippen LogP contribution in [0.15, 0.2) is 0 Å². The molecule has 1 heterocycles. The van der Waals surface area contributed by atoms with Gasteiger partial charge in [0.25, 0.3) is 0 Å². The molecule has 0 saturated carbocycles. The van der Waals surface area contributed by atoms with Gasteiger partial charge >= 0.3 is 0 Å². The van der Waals surface area contributed by atoms with Gasteiger partial charge in [-0.25, -0.2) is 0 Å². The van der Waals surface area contributed by atoms with Crippen LogP contribution in [0.4, 0.5) is 0 Å². The highest BCUT2D eigenvalue weighted by Gasteiger charge is 2.27. The Kier molecular flexibility index (Phi) is 4.39. The zero-order valence-electron chi connectivity index (χ0n) is 9.55. The predicted molar refractivity (Wildman–Crippen MR) is 58.1 cm³/mol. The van der Waals surface area contributed by atoms with E-state index in [2.05, 4.69) is 24.1 Å². The number of likely N-dealkylation sites (tertiary alicyclic amines) is 1. The third-order valence-electron chi connectivity index (χ3n) is 2.76. The van der Waals surface area contributed by atoms with Crippen LogP contribution in [0.1, 0.15) is 33.1 Å². The topological polar surface area (TPSA) is 32.3 Å². The lowest BCUT2D eigenvalue weighted by Gasteiger charge is -2.35. The number of hydrogen-bond acceptors (Lipinski definition) is 2. The van der Waals surface area contributed by atoms with Crippen molar-refractivity contribution in [2.75, 3.05) is 20.1 Å². The predicted octanol–water partition coefficient (Wildman–Crippen LogP) is 1.24. The molecule has 14 heavy (non-hydrogen) atoms. The zero-order valence-corrected chi connectivity index (χ0v) is 9.55. The van der Waals surface area contributed by atoms with E-state index in [1.807, 2.05) is 0 Å². The van der Waals surface area contributed by atoms with Gasteiger partial charge in [0, 0.05) is 13.6 Å². The number of hydrogen-bond donors (Lipinski definition) is 1. The fraction of sp³-hybridized carbons (Fsp3) is 0.909. The molecule has 1 aliphatic rings. The molecule has 82 valence electrons. The van der Waals surface area contributed by atoms with Gasteiger partial charge in [-0.3, -0.25) is 9.69 Å². The molecule has 1 N–H and O–H groups in total. The van der Waals surface area contributed by atoms with Crippen LogP contribution in [0, 0.1) is 5.92 Å². The third-order valence-corrected chi connectivity index (χ3v) is 2.76. The molecular formula is C11H22N2O. The summed E-state index contributed by atoms with van der Waals surface area (Å²) in [6, 6.07) is 0.121. The van der Waals surface area contributed by atoms with Gasteiger partial charge in [-0.15, -0.1) is 0 Å². The molecule has 1 amide bonds. The van der Waals surface area contributed by atoms with Crippen molar-refractivity contribution in [1.29, 1.82) is 0 Å². The molecule has 0 spiro atoms. The fourth-order valence-corrected chi connectivity index (χ4v) is 2.14. The van der Waals surface area contributed by atoms with E-state index >= 15 is 0 Å². The molecule has 1 fully saturated rings. The Morgan fingerprint density at radius 3 is 2.79 bits per heavy atom. The molecule has 0 bridgehead atoms. The van der Waals surface area contributed by atoms with Crippen molar-refractivity contribution in [2.45, 2.75) is 39.2 Å². The molecule has 0 aromatic rings. The second-order valence-corrected chi connectivity index (χ2v) is 4.51. The highest BCUT2D eigenvalue weighted by Crippen LogP contribution is 2.18. The highest BCUT2D eigenvalue weighted by molar-refractivity contribution is 5.81. The Labute approximate surface area is 86.9 Å². The van der Waals surface area contributed by atoms with Crippen LogP contribution >= 0.6 is 0 Å². The van der Waals surface area contributed by atoms with E-state index in [4.69, 9.17) is 0 Å².